The van der Waals surface area contributed by atoms with Crippen molar-refractivity contribution in [2.75, 3.05) is 85.7 Å². The van der Waals surface area contributed by atoms with Gasteiger partial charge in [0.1, 0.15) is 36.6 Å². The highest BCUT2D eigenvalue weighted by Gasteiger charge is 2.50. The molecule has 1 aliphatic carbocycles. The van der Waals surface area contributed by atoms with Crippen LogP contribution < -0.4 is 20.4 Å². The maximum atomic E-state index is 16.8. The first kappa shape index (κ1) is 56.0. The van der Waals surface area contributed by atoms with Gasteiger partial charge in [-0.05, 0) is 89.4 Å². The molecule has 0 saturated carbocycles. The van der Waals surface area contributed by atoms with Crippen molar-refractivity contribution >= 4 is 46.2 Å². The molecule has 3 aromatic rings. The number of amides is 4. The van der Waals surface area contributed by atoms with E-state index in [1.807, 2.05) is 38.9 Å². The first-order valence-corrected chi connectivity index (χ1v) is 26.7. The lowest BCUT2D eigenvalue weighted by Gasteiger charge is -2.43. The maximum absolute atomic E-state index is 16.8. The summed E-state index contributed by atoms with van der Waals surface area (Å²) in [4.78, 5) is 82.8. The lowest BCUT2D eigenvalue weighted by molar-refractivity contribution is -0.157. The number of benzene rings is 1. The van der Waals surface area contributed by atoms with Crippen molar-refractivity contribution in [3.05, 3.63) is 41.7 Å². The SMILES string of the molecule is C#CCOc1cnc2c(c1)-c1c3c4cc(ccc4n1CC)N1CCO[C@@H](C[C@H](NC(=O)[C@H](C(C)C)N(C)C(=O)C4(F)CCN(C(=O)C#CC(C)(C)N(C)C)CC4)C(=O)N4CCC[C@H](N4)C(=O)OCC(C)(C)C3[C@@H]2OC)C1. The Hall–Kier alpha value is -6.25. The fourth-order valence-corrected chi connectivity index (χ4v) is 11.6. The molecule has 4 amide bonds. The molecule has 3 fully saturated rings. The Morgan fingerprint density at radius 1 is 1.09 bits per heavy atom. The zero-order valence-electron chi connectivity index (χ0n) is 46.1. The van der Waals surface area contributed by atoms with Crippen LogP contribution in [0.5, 0.6) is 5.75 Å². The van der Waals surface area contributed by atoms with Crippen molar-refractivity contribution in [2.45, 2.75) is 135 Å². The number of alkyl halides is 1. The largest absolute Gasteiger partial charge is 0.479 e. The van der Waals surface area contributed by atoms with Crippen molar-refractivity contribution in [3.8, 4) is 41.2 Å². The minimum Gasteiger partial charge on any atom is -0.479 e. The number of rotatable bonds is 10. The van der Waals surface area contributed by atoms with E-state index in [0.29, 0.717) is 44.8 Å². The molecule has 0 radical (unpaired) electrons. The zero-order chi connectivity index (χ0) is 55.0. The first-order valence-electron chi connectivity index (χ1n) is 26.7. The molecule has 18 nitrogen and oxygen atoms in total. The molecular weight excluding hydrogens is 974 g/mol. The molecule has 76 heavy (non-hydrogen) atoms. The molecule has 3 saturated heterocycles. The van der Waals surface area contributed by atoms with Gasteiger partial charge in [0.25, 0.3) is 17.7 Å². The highest BCUT2D eigenvalue weighted by Crippen LogP contribution is 2.57. The van der Waals surface area contributed by atoms with Crippen molar-refractivity contribution in [3.63, 3.8) is 0 Å². The molecule has 410 valence electrons. The summed E-state index contributed by atoms with van der Waals surface area (Å²) < 4.78 is 44.1. The monoisotopic (exact) mass is 1050 g/mol. The number of halogens is 1. The number of esters is 1. The Morgan fingerprint density at radius 3 is 2.50 bits per heavy atom. The maximum Gasteiger partial charge on any atom is 0.324 e. The number of fused-ring (bicyclic) bond motifs is 8. The molecule has 1 aromatic carbocycles. The average molecular weight is 1050 g/mol. The molecule has 8 rings (SSSR count). The molecule has 2 aromatic heterocycles. The quantitative estimate of drug-likeness (QED) is 0.209. The Kier molecular flexibility index (Phi) is 16.5. The first-order chi connectivity index (χ1) is 36.0. The second-order valence-corrected chi connectivity index (χ2v) is 22.7. The number of ether oxygens (including phenoxy) is 4. The van der Waals surface area contributed by atoms with Crippen LogP contribution in [0.1, 0.15) is 104 Å². The minimum atomic E-state index is -2.35. The fraction of sp³-hybridized carbons (Fsp3) is 0.614. The van der Waals surface area contributed by atoms with Gasteiger partial charge in [0.05, 0.1) is 42.4 Å². The third-order valence-corrected chi connectivity index (χ3v) is 16.3. The summed E-state index contributed by atoms with van der Waals surface area (Å²) in [5.74, 6) is 4.88. The number of likely N-dealkylation sites (N-methyl/N-ethyl adjacent to an activating group) is 1. The molecule has 1 unspecified atom stereocenters. The van der Waals surface area contributed by atoms with E-state index in [2.05, 4.69) is 76.9 Å². The lowest BCUT2D eigenvalue weighted by atomic mass is 9.67. The summed E-state index contributed by atoms with van der Waals surface area (Å²) >= 11 is 0. The third kappa shape index (κ3) is 11.0. The Morgan fingerprint density at radius 2 is 1.83 bits per heavy atom. The van der Waals surface area contributed by atoms with E-state index < -0.39 is 82.5 Å². The summed E-state index contributed by atoms with van der Waals surface area (Å²) in [6, 6.07) is 5.13. The molecule has 6 heterocycles. The van der Waals surface area contributed by atoms with E-state index in [1.54, 1.807) is 27.2 Å². The van der Waals surface area contributed by atoms with E-state index in [1.165, 1.54) is 17.0 Å². The van der Waals surface area contributed by atoms with Crippen LogP contribution in [0.3, 0.4) is 0 Å². The smallest absolute Gasteiger partial charge is 0.324 e. The molecule has 5 aliphatic rings. The van der Waals surface area contributed by atoms with E-state index in [9.17, 15) is 24.0 Å². The number of hydrogen-bond acceptors (Lipinski definition) is 13. The molecule has 0 spiro atoms. The van der Waals surface area contributed by atoms with Crippen LogP contribution in [-0.2, 0) is 44.7 Å². The predicted molar refractivity (Wildman–Crippen MR) is 285 cm³/mol. The molecule has 6 bridgehead atoms. The Balaban J connectivity index is 1.11. The van der Waals surface area contributed by atoms with Crippen molar-refractivity contribution < 1.29 is 47.3 Å². The number of terminal acetylenes is 1. The van der Waals surface area contributed by atoms with E-state index >= 15 is 4.39 Å². The Bertz CT molecular complexity index is 2820. The number of anilines is 1. The van der Waals surface area contributed by atoms with Gasteiger partial charge in [-0.1, -0.05) is 39.5 Å². The second kappa shape index (κ2) is 22.4. The number of likely N-dealkylation sites (tertiary alicyclic amines) is 1. The third-order valence-electron chi connectivity index (χ3n) is 16.3. The summed E-state index contributed by atoms with van der Waals surface area (Å²) in [6.45, 7) is 15.7. The molecule has 6 atom stereocenters. The van der Waals surface area contributed by atoms with Gasteiger partial charge in [0.15, 0.2) is 5.67 Å². The highest BCUT2D eigenvalue weighted by molar-refractivity contribution is 5.98. The van der Waals surface area contributed by atoms with Crippen LogP contribution in [0.25, 0.3) is 22.2 Å². The summed E-state index contributed by atoms with van der Waals surface area (Å²) in [7, 11) is 6.80. The number of carbonyl (C=O) groups is 5. The van der Waals surface area contributed by atoms with Gasteiger partial charge < -0.3 is 43.5 Å². The standard InChI is InChI=1S/C57H76FN9O9/c1-13-27-74-37-30-40-47(59-32-37)50(73-12)46-45-39-29-36(17-18-43(39)66(14-2)49(40)45)65-26-28-75-38(33-65)31-42(52(70)67-23-15-16-41(61-67)53(71)76-34-55(46,5)6)60-51(69)48(35(3)4)63(11)54(72)57(58)21-24-64(25-22-57)44(68)19-20-56(7,8)62(9)10/h1,17-18,29-30,32,35,38,41-42,46,48,50,61H,14-16,21-28,31,33-34H2,2-12H3,(H,60,69)/t38-,41-,42-,46?,48-,50-/m0/s1. The number of aryl methyl sites for hydroxylation is 1. The number of aromatic nitrogens is 2. The van der Waals surface area contributed by atoms with Gasteiger partial charge >= 0.3 is 5.97 Å². The highest BCUT2D eigenvalue weighted by atomic mass is 19.1. The van der Waals surface area contributed by atoms with Crippen LogP contribution in [0, 0.1) is 35.5 Å². The number of morpholine rings is 1. The van der Waals surface area contributed by atoms with Crippen molar-refractivity contribution in [1.82, 2.24) is 40.0 Å². The van der Waals surface area contributed by atoms with Crippen molar-refractivity contribution in [1.29, 1.82) is 0 Å². The number of cyclic esters (lactones) is 1. The zero-order valence-corrected chi connectivity index (χ0v) is 46.1. The minimum absolute atomic E-state index is 0.00649. The predicted octanol–water partition coefficient (Wildman–Crippen LogP) is 4.84. The normalized spacial score (nSPS) is 23.9. The number of nitrogens with zero attached hydrogens (tertiary/aromatic N) is 7. The number of piperidine rings is 1. The number of hydrogen-bond donors (Lipinski definition) is 2. The van der Waals surface area contributed by atoms with Gasteiger partial charge in [0, 0.05) is 106 Å². The molecule has 4 aliphatic heterocycles. The van der Waals surface area contributed by atoms with Gasteiger partial charge in [-0.15, -0.1) is 6.42 Å². The number of hydrazine groups is 1. The van der Waals surface area contributed by atoms with Crippen LogP contribution in [0.2, 0.25) is 0 Å². The molecule has 19 heteroatoms. The van der Waals surface area contributed by atoms with Crippen molar-refractivity contribution in [2.24, 2.45) is 11.3 Å². The van der Waals surface area contributed by atoms with E-state index in [4.69, 9.17) is 30.4 Å². The number of carbonyl (C=O) groups excluding carboxylic acids is 5. The fourth-order valence-electron chi connectivity index (χ4n) is 11.6. The van der Waals surface area contributed by atoms with Crippen LogP contribution in [-0.4, -0.2) is 175 Å². The van der Waals surface area contributed by atoms with Gasteiger partial charge in [-0.25, -0.2) is 9.82 Å². The second-order valence-electron chi connectivity index (χ2n) is 22.7. The number of methoxy groups -OCH3 is 1. The molecular formula is C57H76FN9O9. The van der Waals surface area contributed by atoms with Gasteiger partial charge in [0.2, 0.25) is 5.91 Å². The van der Waals surface area contributed by atoms with Crippen LogP contribution in [0.4, 0.5) is 10.1 Å². The molecule has 2 N–H and O–H groups in total. The van der Waals surface area contributed by atoms with Gasteiger partial charge in [-0.3, -0.25) is 38.9 Å². The van der Waals surface area contributed by atoms with E-state index in [0.717, 1.165) is 44.0 Å². The summed E-state index contributed by atoms with van der Waals surface area (Å²) in [5.41, 5.74) is 5.00. The topological polar surface area (TPSA) is 180 Å². The Labute approximate surface area is 446 Å². The van der Waals surface area contributed by atoms with Gasteiger partial charge in [-0.2, -0.15) is 0 Å². The van der Waals surface area contributed by atoms with E-state index in [-0.39, 0.29) is 58.0 Å². The average Bonchev–Trinajstić information content (AvgIpc) is 3.73. The summed E-state index contributed by atoms with van der Waals surface area (Å²) in [5, 5.41) is 5.35. The number of pyridine rings is 1. The lowest BCUT2D eigenvalue weighted by Crippen LogP contribution is -2.63. The number of nitrogens with one attached hydrogen (secondary N) is 2. The van der Waals surface area contributed by atoms with Crippen LogP contribution in [0.15, 0.2) is 30.5 Å². The summed E-state index contributed by atoms with van der Waals surface area (Å²) in [6.07, 6.45) is 6.51. The van der Waals surface area contributed by atoms with Crippen LogP contribution >= 0.6 is 0 Å².